The molecule has 0 unspecified atom stereocenters. The number of aromatic nitrogens is 2. The van der Waals surface area contributed by atoms with E-state index < -0.39 is 11.9 Å². The van der Waals surface area contributed by atoms with Gasteiger partial charge in [-0.2, -0.15) is 5.10 Å². The molecular weight excluding hydrogens is 373 g/mol. The number of para-hydroxylation sites is 1. The first-order valence-corrected chi connectivity index (χ1v) is 9.63. The minimum atomic E-state index is -0.631. The number of nitrogens with zero attached hydrogens (tertiary/aromatic N) is 2. The molecule has 7 heteroatoms. The Hall–Kier alpha value is -3.19. The number of H-pyrrole nitrogens is 1. The van der Waals surface area contributed by atoms with Crippen molar-refractivity contribution in [2.24, 2.45) is 0 Å². The average molecular weight is 395 g/mol. The van der Waals surface area contributed by atoms with Crippen LogP contribution in [0.1, 0.15) is 41.0 Å². The summed E-state index contributed by atoms with van der Waals surface area (Å²) in [7, 11) is 0. The van der Waals surface area contributed by atoms with E-state index in [4.69, 9.17) is 4.74 Å². The van der Waals surface area contributed by atoms with E-state index in [-0.39, 0.29) is 11.7 Å². The van der Waals surface area contributed by atoms with Crippen molar-refractivity contribution in [2.75, 3.05) is 19.8 Å². The highest BCUT2D eigenvalue weighted by Gasteiger charge is 2.43. The van der Waals surface area contributed by atoms with Crippen molar-refractivity contribution in [3.63, 3.8) is 0 Å². The van der Waals surface area contributed by atoms with Gasteiger partial charge in [0.2, 0.25) is 0 Å². The number of hydrogen-bond donors (Lipinski definition) is 2. The number of carbonyl (C=O) groups is 1. The number of aromatic hydroxyl groups is 1. The standard InChI is InChI=1S/C22H22FN3O3/c1-2-29-13-7-12-26-21(14-8-3-5-10-16(14)23)18-19(24-25-20(18)22(26)28)15-9-4-6-11-17(15)27/h3-6,8-11,21,27H,2,7,12-13H2,1H3,(H,24,25)/t21-/m0/s1. The van der Waals surface area contributed by atoms with Gasteiger partial charge >= 0.3 is 0 Å². The summed E-state index contributed by atoms with van der Waals surface area (Å²) in [5.41, 5.74) is 2.25. The lowest BCUT2D eigenvalue weighted by molar-refractivity contribution is 0.0708. The van der Waals surface area contributed by atoms with Crippen LogP contribution in [0.5, 0.6) is 5.75 Å². The van der Waals surface area contributed by atoms with Crippen molar-refractivity contribution in [1.29, 1.82) is 0 Å². The number of nitrogens with one attached hydrogen (secondary N) is 1. The molecule has 0 fully saturated rings. The first kappa shape index (κ1) is 19.1. The molecular formula is C22H22FN3O3. The number of carbonyl (C=O) groups excluding carboxylic acids is 1. The number of phenolic OH excluding ortho intramolecular Hbond substituents is 1. The first-order valence-electron chi connectivity index (χ1n) is 9.63. The second kappa shape index (κ2) is 8.05. The molecule has 0 aliphatic carbocycles. The molecule has 1 amide bonds. The summed E-state index contributed by atoms with van der Waals surface area (Å²) in [5.74, 6) is -0.576. The fourth-order valence-electron chi connectivity index (χ4n) is 3.81. The van der Waals surface area contributed by atoms with Crippen molar-refractivity contribution < 1.29 is 19.0 Å². The molecule has 0 spiro atoms. The van der Waals surface area contributed by atoms with Gasteiger partial charge in [-0.1, -0.05) is 30.3 Å². The van der Waals surface area contributed by atoms with Crippen LogP contribution < -0.4 is 0 Å². The molecule has 29 heavy (non-hydrogen) atoms. The molecule has 150 valence electrons. The molecule has 1 aliphatic heterocycles. The predicted molar refractivity (Wildman–Crippen MR) is 106 cm³/mol. The number of amides is 1. The van der Waals surface area contributed by atoms with Gasteiger partial charge in [0.05, 0.1) is 6.04 Å². The molecule has 1 aromatic heterocycles. The van der Waals surface area contributed by atoms with Gasteiger partial charge in [-0.25, -0.2) is 4.39 Å². The van der Waals surface area contributed by atoms with Gasteiger partial charge in [0.1, 0.15) is 23.0 Å². The molecule has 0 saturated carbocycles. The van der Waals surface area contributed by atoms with Crippen molar-refractivity contribution in [3.05, 3.63) is 71.2 Å². The Kier molecular flexibility index (Phi) is 5.31. The van der Waals surface area contributed by atoms with Crippen molar-refractivity contribution in [2.45, 2.75) is 19.4 Å². The van der Waals surface area contributed by atoms with Crippen molar-refractivity contribution in [3.8, 4) is 17.0 Å². The highest BCUT2D eigenvalue weighted by atomic mass is 19.1. The lowest BCUT2D eigenvalue weighted by atomic mass is 9.95. The normalized spacial score (nSPS) is 15.7. The third-order valence-electron chi connectivity index (χ3n) is 5.11. The van der Waals surface area contributed by atoms with E-state index in [0.29, 0.717) is 54.3 Å². The first-order chi connectivity index (χ1) is 14.1. The number of halogens is 1. The maximum atomic E-state index is 14.8. The maximum absolute atomic E-state index is 14.8. The van der Waals surface area contributed by atoms with Crippen molar-refractivity contribution in [1.82, 2.24) is 15.1 Å². The fraction of sp³-hybridized carbons (Fsp3) is 0.273. The molecule has 0 bridgehead atoms. The van der Waals surface area contributed by atoms with Crippen molar-refractivity contribution >= 4 is 5.91 Å². The molecule has 3 aromatic rings. The van der Waals surface area contributed by atoms with E-state index in [2.05, 4.69) is 10.2 Å². The Morgan fingerprint density at radius 3 is 2.72 bits per heavy atom. The monoisotopic (exact) mass is 395 g/mol. The topological polar surface area (TPSA) is 78.5 Å². The number of ether oxygens (including phenoxy) is 1. The summed E-state index contributed by atoms with van der Waals surface area (Å²) < 4.78 is 20.2. The summed E-state index contributed by atoms with van der Waals surface area (Å²) in [6.07, 6.45) is 0.633. The van der Waals surface area contributed by atoms with E-state index >= 15 is 0 Å². The van der Waals surface area contributed by atoms with Gasteiger partial charge in [0.25, 0.3) is 5.91 Å². The van der Waals surface area contributed by atoms with E-state index in [1.807, 2.05) is 6.92 Å². The highest BCUT2D eigenvalue weighted by Crippen LogP contribution is 2.44. The molecule has 1 atom stereocenters. The SMILES string of the molecule is CCOCCCN1C(=O)c2[nH]nc(-c3ccccc3O)c2[C@@H]1c1ccccc1F. The Labute approximate surface area is 167 Å². The van der Waals surface area contributed by atoms with Gasteiger partial charge in [0.15, 0.2) is 0 Å². The van der Waals surface area contributed by atoms with Gasteiger partial charge in [-0.15, -0.1) is 0 Å². The van der Waals surface area contributed by atoms with Crippen LogP contribution in [0.15, 0.2) is 48.5 Å². The van der Waals surface area contributed by atoms with Gasteiger partial charge in [0, 0.05) is 36.4 Å². The lowest BCUT2D eigenvalue weighted by Crippen LogP contribution is -2.31. The predicted octanol–water partition coefficient (Wildman–Crippen LogP) is 3.89. The van der Waals surface area contributed by atoms with Crippen LogP contribution >= 0.6 is 0 Å². The summed E-state index contributed by atoms with van der Waals surface area (Å²) >= 11 is 0. The average Bonchev–Trinajstić information content (AvgIpc) is 3.26. The van der Waals surface area contributed by atoms with Crippen LogP contribution in [0.4, 0.5) is 4.39 Å². The highest BCUT2D eigenvalue weighted by molar-refractivity contribution is 6.00. The summed E-state index contributed by atoms with van der Waals surface area (Å²) in [5, 5.41) is 17.4. The number of hydrogen-bond acceptors (Lipinski definition) is 4. The van der Waals surface area contributed by atoms with Gasteiger partial charge < -0.3 is 14.7 Å². The van der Waals surface area contributed by atoms with Crippen LogP contribution in [-0.2, 0) is 4.74 Å². The van der Waals surface area contributed by atoms with E-state index in [1.165, 1.54) is 6.07 Å². The van der Waals surface area contributed by atoms with Crippen LogP contribution in [0.2, 0.25) is 0 Å². The van der Waals surface area contributed by atoms with Gasteiger partial charge in [-0.05, 0) is 31.5 Å². The van der Waals surface area contributed by atoms with E-state index in [1.54, 1.807) is 47.4 Å². The number of fused-ring (bicyclic) bond motifs is 1. The number of aromatic amines is 1. The second-order valence-electron chi connectivity index (χ2n) is 6.85. The molecule has 0 saturated heterocycles. The number of phenols is 1. The quantitative estimate of drug-likeness (QED) is 0.595. The van der Waals surface area contributed by atoms with Crippen LogP contribution in [0.25, 0.3) is 11.3 Å². The van der Waals surface area contributed by atoms with Crippen LogP contribution in [0, 0.1) is 5.82 Å². The van der Waals surface area contributed by atoms with Crippen LogP contribution in [0.3, 0.4) is 0 Å². The zero-order valence-electron chi connectivity index (χ0n) is 16.1. The Bertz CT molecular complexity index is 1030. The molecule has 2 N–H and O–H groups in total. The fourth-order valence-corrected chi connectivity index (χ4v) is 3.81. The molecule has 2 heterocycles. The Morgan fingerprint density at radius 2 is 1.97 bits per heavy atom. The third-order valence-corrected chi connectivity index (χ3v) is 5.11. The summed E-state index contributed by atoms with van der Waals surface area (Å²) in [6.45, 7) is 3.45. The Balaban J connectivity index is 1.81. The summed E-state index contributed by atoms with van der Waals surface area (Å²) in [4.78, 5) is 14.8. The zero-order valence-corrected chi connectivity index (χ0v) is 16.1. The minimum absolute atomic E-state index is 0.0522. The van der Waals surface area contributed by atoms with E-state index in [9.17, 15) is 14.3 Å². The van der Waals surface area contributed by atoms with Gasteiger partial charge in [-0.3, -0.25) is 9.89 Å². The number of rotatable bonds is 7. The number of benzene rings is 2. The largest absolute Gasteiger partial charge is 0.507 e. The smallest absolute Gasteiger partial charge is 0.273 e. The molecule has 0 radical (unpaired) electrons. The Morgan fingerprint density at radius 1 is 1.21 bits per heavy atom. The van der Waals surface area contributed by atoms with Crippen LogP contribution in [-0.4, -0.2) is 45.9 Å². The third kappa shape index (κ3) is 3.38. The minimum Gasteiger partial charge on any atom is -0.507 e. The lowest BCUT2D eigenvalue weighted by Gasteiger charge is -2.26. The molecule has 6 nitrogen and oxygen atoms in total. The van der Waals surface area contributed by atoms with E-state index in [0.717, 1.165) is 0 Å². The molecule has 4 rings (SSSR count). The molecule has 1 aliphatic rings. The zero-order chi connectivity index (χ0) is 20.4. The second-order valence-corrected chi connectivity index (χ2v) is 6.85. The summed E-state index contributed by atoms with van der Waals surface area (Å²) in [6, 6.07) is 12.6. The molecule has 2 aromatic carbocycles. The maximum Gasteiger partial charge on any atom is 0.273 e.